The molecule has 3 heteroatoms. The van der Waals surface area contributed by atoms with Gasteiger partial charge in [0.05, 0.1) is 12.3 Å². The predicted octanol–water partition coefficient (Wildman–Crippen LogP) is 3.64. The van der Waals surface area contributed by atoms with E-state index in [4.69, 9.17) is 4.74 Å². The van der Waals surface area contributed by atoms with E-state index in [2.05, 4.69) is 41.5 Å². The lowest BCUT2D eigenvalue weighted by atomic mass is 9.98. The third kappa shape index (κ3) is 2.55. The summed E-state index contributed by atoms with van der Waals surface area (Å²) in [4.78, 5) is 4.36. The summed E-state index contributed by atoms with van der Waals surface area (Å²) in [5.41, 5.74) is 4.71. The number of nitrogens with one attached hydrogen (secondary N) is 1. The highest BCUT2D eigenvalue weighted by atomic mass is 16.5. The summed E-state index contributed by atoms with van der Waals surface area (Å²) in [5, 5.41) is 3.34. The molecule has 0 spiro atoms. The first-order chi connectivity index (χ1) is 9.36. The summed E-state index contributed by atoms with van der Waals surface area (Å²) in [5.74, 6) is 0.974. The standard InChI is InChI=1S/C16H18N2O/c1-2-17-14-5-6-16-15(11-14)12(7-9-19-16)10-13-4-3-8-18-13/h4-6,8,10-11,17H,2-3,7,9H2,1H3/b12-10+. The molecule has 3 rings (SSSR count). The van der Waals surface area contributed by atoms with Crippen LogP contribution in [0.4, 0.5) is 5.69 Å². The summed E-state index contributed by atoms with van der Waals surface area (Å²) in [6.07, 6.45) is 8.16. The Morgan fingerprint density at radius 3 is 3.16 bits per heavy atom. The summed E-state index contributed by atoms with van der Waals surface area (Å²) in [6.45, 7) is 3.77. The van der Waals surface area contributed by atoms with Crippen molar-refractivity contribution >= 4 is 17.5 Å². The van der Waals surface area contributed by atoms with Crippen LogP contribution in [-0.4, -0.2) is 19.4 Å². The smallest absolute Gasteiger partial charge is 0.126 e. The van der Waals surface area contributed by atoms with Gasteiger partial charge in [0, 0.05) is 36.9 Å². The average Bonchev–Trinajstić information content (AvgIpc) is 2.93. The van der Waals surface area contributed by atoms with Crippen LogP contribution in [0.2, 0.25) is 0 Å². The lowest BCUT2D eigenvalue weighted by Gasteiger charge is -2.21. The highest BCUT2D eigenvalue weighted by Crippen LogP contribution is 2.35. The molecule has 2 aliphatic rings. The number of anilines is 1. The van der Waals surface area contributed by atoms with E-state index in [9.17, 15) is 0 Å². The zero-order chi connectivity index (χ0) is 13.1. The molecule has 19 heavy (non-hydrogen) atoms. The maximum absolute atomic E-state index is 5.72. The lowest BCUT2D eigenvalue weighted by molar-refractivity contribution is 0.316. The summed E-state index contributed by atoms with van der Waals surface area (Å²) in [7, 11) is 0. The van der Waals surface area contributed by atoms with E-state index in [0.717, 1.165) is 43.1 Å². The Hall–Kier alpha value is -2.03. The number of hydrogen-bond acceptors (Lipinski definition) is 3. The zero-order valence-corrected chi connectivity index (χ0v) is 11.1. The van der Waals surface area contributed by atoms with Crippen LogP contribution in [0.1, 0.15) is 25.3 Å². The van der Waals surface area contributed by atoms with Crippen molar-refractivity contribution in [3.63, 3.8) is 0 Å². The van der Waals surface area contributed by atoms with E-state index >= 15 is 0 Å². The monoisotopic (exact) mass is 254 g/mol. The predicted molar refractivity (Wildman–Crippen MR) is 79.9 cm³/mol. The van der Waals surface area contributed by atoms with Crippen LogP contribution in [0, 0.1) is 0 Å². The van der Waals surface area contributed by atoms with Gasteiger partial charge in [0.1, 0.15) is 5.75 Å². The molecule has 98 valence electrons. The maximum Gasteiger partial charge on any atom is 0.126 e. The number of fused-ring (bicyclic) bond motifs is 1. The van der Waals surface area contributed by atoms with Gasteiger partial charge in [-0.05, 0) is 36.8 Å². The molecule has 1 aromatic rings. The molecular weight excluding hydrogens is 236 g/mol. The fourth-order valence-electron chi connectivity index (χ4n) is 2.44. The fraction of sp³-hybridized carbons (Fsp3) is 0.312. The normalized spacial score (nSPS) is 19.0. The molecule has 0 radical (unpaired) electrons. The second-order valence-corrected chi connectivity index (χ2v) is 4.69. The van der Waals surface area contributed by atoms with Gasteiger partial charge in [-0.3, -0.25) is 4.99 Å². The van der Waals surface area contributed by atoms with Crippen molar-refractivity contribution in [2.75, 3.05) is 18.5 Å². The van der Waals surface area contributed by atoms with Gasteiger partial charge < -0.3 is 10.1 Å². The number of hydrogen-bond donors (Lipinski definition) is 1. The van der Waals surface area contributed by atoms with Crippen molar-refractivity contribution in [2.45, 2.75) is 19.8 Å². The molecular formula is C16H18N2O. The van der Waals surface area contributed by atoms with Crippen LogP contribution < -0.4 is 10.1 Å². The van der Waals surface area contributed by atoms with Crippen LogP contribution in [0.5, 0.6) is 5.75 Å². The minimum Gasteiger partial charge on any atom is -0.493 e. The molecule has 0 saturated heterocycles. The Bertz CT molecular complexity index is 570. The molecule has 3 nitrogen and oxygen atoms in total. The summed E-state index contributed by atoms with van der Waals surface area (Å²) < 4.78 is 5.72. The van der Waals surface area contributed by atoms with E-state index in [0.29, 0.717) is 0 Å². The molecule has 1 N–H and O–H groups in total. The largest absolute Gasteiger partial charge is 0.493 e. The molecule has 0 unspecified atom stereocenters. The SMILES string of the molecule is CCNc1ccc2c(c1)/C(=C/C1=CCC=N1)CCO2. The van der Waals surface area contributed by atoms with Gasteiger partial charge in [-0.2, -0.15) is 0 Å². The van der Waals surface area contributed by atoms with Gasteiger partial charge >= 0.3 is 0 Å². The number of benzene rings is 1. The first-order valence-corrected chi connectivity index (χ1v) is 6.81. The molecule has 0 aliphatic carbocycles. The van der Waals surface area contributed by atoms with Crippen LogP contribution in [-0.2, 0) is 0 Å². The Labute approximate surface area is 113 Å². The minimum atomic E-state index is 0.746. The summed E-state index contributed by atoms with van der Waals surface area (Å²) >= 11 is 0. The van der Waals surface area contributed by atoms with Gasteiger partial charge in [-0.1, -0.05) is 6.08 Å². The number of nitrogens with zero attached hydrogens (tertiary/aromatic N) is 1. The molecule has 0 amide bonds. The van der Waals surface area contributed by atoms with Crippen molar-refractivity contribution in [1.29, 1.82) is 0 Å². The molecule has 2 aliphatic heterocycles. The maximum atomic E-state index is 5.72. The quantitative estimate of drug-likeness (QED) is 0.893. The van der Waals surface area contributed by atoms with Crippen molar-refractivity contribution < 1.29 is 4.74 Å². The minimum absolute atomic E-state index is 0.746. The van der Waals surface area contributed by atoms with E-state index < -0.39 is 0 Å². The molecule has 0 saturated carbocycles. The second-order valence-electron chi connectivity index (χ2n) is 4.69. The van der Waals surface area contributed by atoms with Crippen LogP contribution in [0.25, 0.3) is 5.57 Å². The van der Waals surface area contributed by atoms with Crippen molar-refractivity contribution in [3.8, 4) is 5.75 Å². The third-order valence-corrected chi connectivity index (χ3v) is 3.33. The number of ether oxygens (including phenoxy) is 1. The molecule has 0 fully saturated rings. The van der Waals surface area contributed by atoms with Gasteiger partial charge in [0.2, 0.25) is 0 Å². The highest BCUT2D eigenvalue weighted by Gasteiger charge is 2.16. The van der Waals surface area contributed by atoms with Crippen molar-refractivity contribution in [2.24, 2.45) is 4.99 Å². The van der Waals surface area contributed by atoms with E-state index in [-0.39, 0.29) is 0 Å². The Morgan fingerprint density at radius 1 is 1.42 bits per heavy atom. The molecule has 0 atom stereocenters. The Morgan fingerprint density at radius 2 is 2.37 bits per heavy atom. The van der Waals surface area contributed by atoms with E-state index in [1.165, 1.54) is 11.1 Å². The first kappa shape index (κ1) is 12.0. The molecule has 0 aromatic heterocycles. The van der Waals surface area contributed by atoms with Gasteiger partial charge in [0.25, 0.3) is 0 Å². The average molecular weight is 254 g/mol. The Balaban J connectivity index is 1.97. The van der Waals surface area contributed by atoms with Gasteiger partial charge in [0.15, 0.2) is 0 Å². The fourth-order valence-corrected chi connectivity index (χ4v) is 2.44. The van der Waals surface area contributed by atoms with Gasteiger partial charge in [-0.15, -0.1) is 0 Å². The van der Waals surface area contributed by atoms with E-state index in [1.807, 2.05) is 12.3 Å². The second kappa shape index (κ2) is 5.31. The topological polar surface area (TPSA) is 33.6 Å². The molecule has 0 bridgehead atoms. The van der Waals surface area contributed by atoms with Crippen LogP contribution in [0.15, 0.2) is 41.0 Å². The molecule has 2 heterocycles. The molecule has 1 aromatic carbocycles. The Kier molecular flexibility index (Phi) is 3.36. The highest BCUT2D eigenvalue weighted by molar-refractivity contribution is 5.78. The van der Waals surface area contributed by atoms with E-state index in [1.54, 1.807) is 0 Å². The lowest BCUT2D eigenvalue weighted by Crippen LogP contribution is -2.08. The zero-order valence-electron chi connectivity index (χ0n) is 11.1. The van der Waals surface area contributed by atoms with Crippen LogP contribution >= 0.6 is 0 Å². The van der Waals surface area contributed by atoms with Crippen molar-refractivity contribution in [1.82, 2.24) is 0 Å². The number of allylic oxidation sites excluding steroid dienone is 2. The van der Waals surface area contributed by atoms with Crippen LogP contribution in [0.3, 0.4) is 0 Å². The van der Waals surface area contributed by atoms with Gasteiger partial charge in [-0.25, -0.2) is 0 Å². The third-order valence-electron chi connectivity index (χ3n) is 3.33. The van der Waals surface area contributed by atoms with Crippen molar-refractivity contribution in [3.05, 3.63) is 41.6 Å². The summed E-state index contributed by atoms with van der Waals surface area (Å²) in [6, 6.07) is 6.29. The first-order valence-electron chi connectivity index (χ1n) is 6.81. The number of aliphatic imine (C=N–C) groups is 1. The number of rotatable bonds is 3.